The molecule has 1 atom stereocenters. The van der Waals surface area contributed by atoms with Crippen LogP contribution in [-0.2, 0) is 24.3 Å². The van der Waals surface area contributed by atoms with Crippen LogP contribution in [0.15, 0.2) is 17.0 Å². The molecule has 0 aromatic heterocycles. The lowest BCUT2D eigenvalue weighted by Crippen LogP contribution is -2.44. The van der Waals surface area contributed by atoms with E-state index in [9.17, 15) is 18.0 Å². The van der Waals surface area contributed by atoms with Gasteiger partial charge in [-0.05, 0) is 24.6 Å². The lowest BCUT2D eigenvalue weighted by Gasteiger charge is -2.30. The van der Waals surface area contributed by atoms with Crippen molar-refractivity contribution >= 4 is 45.1 Å². The molecular formula is C12H11Cl2NO5S. The number of fused-ring (bicyclic) bond motifs is 1. The summed E-state index contributed by atoms with van der Waals surface area (Å²) in [7, 11) is -2.98. The molecule has 0 bridgehead atoms. The molecule has 0 saturated carbocycles. The fourth-order valence-electron chi connectivity index (χ4n) is 2.03. The molecule has 1 heterocycles. The zero-order valence-corrected chi connectivity index (χ0v) is 13.4. The molecule has 2 rings (SSSR count). The van der Waals surface area contributed by atoms with Crippen LogP contribution in [0.1, 0.15) is 18.4 Å². The van der Waals surface area contributed by atoms with Gasteiger partial charge in [-0.15, -0.1) is 0 Å². The highest BCUT2D eigenvalue weighted by Gasteiger charge is 2.45. The highest BCUT2D eigenvalue weighted by molar-refractivity contribution is 7.89. The molecule has 9 heteroatoms. The number of carbonyl (C=O) groups excluding carboxylic acids is 2. The fraction of sp³-hybridized carbons (Fsp3) is 0.333. The maximum atomic E-state index is 12.3. The van der Waals surface area contributed by atoms with Crippen molar-refractivity contribution in [2.75, 3.05) is 13.7 Å². The molecule has 1 aromatic carbocycles. The van der Waals surface area contributed by atoms with Gasteiger partial charge in [0.2, 0.25) is 0 Å². The molecule has 1 aromatic rings. The molecule has 114 valence electrons. The summed E-state index contributed by atoms with van der Waals surface area (Å²) in [5.74, 6) is -3.09. The minimum Gasteiger partial charge on any atom is -0.465 e. The summed E-state index contributed by atoms with van der Waals surface area (Å²) in [6.07, 6.45) is 0. The number of hydrogen-bond donors (Lipinski definition) is 0. The second kappa shape index (κ2) is 5.47. The quantitative estimate of drug-likeness (QED) is 0.599. The van der Waals surface area contributed by atoms with Crippen LogP contribution in [0.2, 0.25) is 10.0 Å². The van der Waals surface area contributed by atoms with Crippen molar-refractivity contribution in [3.05, 3.63) is 27.7 Å². The SMILES string of the molecule is CCOC(=O)C1C(=O)N(C)S(=O)(=O)c2cc(Cl)c(Cl)cc21. The van der Waals surface area contributed by atoms with Crippen molar-refractivity contribution in [1.29, 1.82) is 0 Å². The Bertz CT molecular complexity index is 731. The first-order valence-corrected chi connectivity index (χ1v) is 8.09. The smallest absolute Gasteiger partial charge is 0.323 e. The molecular weight excluding hydrogens is 341 g/mol. The minimum atomic E-state index is -4.06. The summed E-state index contributed by atoms with van der Waals surface area (Å²) in [6, 6.07) is 2.34. The van der Waals surface area contributed by atoms with Crippen LogP contribution in [0.5, 0.6) is 0 Å². The van der Waals surface area contributed by atoms with Crippen molar-refractivity contribution in [3.63, 3.8) is 0 Å². The molecule has 21 heavy (non-hydrogen) atoms. The molecule has 0 saturated heterocycles. The minimum absolute atomic E-state index is 0.0179. The van der Waals surface area contributed by atoms with Gasteiger partial charge in [0, 0.05) is 7.05 Å². The van der Waals surface area contributed by atoms with Crippen molar-refractivity contribution in [2.45, 2.75) is 17.7 Å². The number of ether oxygens (including phenoxy) is 1. The van der Waals surface area contributed by atoms with E-state index in [2.05, 4.69) is 0 Å². The molecule has 0 aliphatic carbocycles. The Balaban J connectivity index is 2.74. The van der Waals surface area contributed by atoms with E-state index in [1.54, 1.807) is 6.92 Å². The number of hydrogen-bond acceptors (Lipinski definition) is 5. The third-order valence-electron chi connectivity index (χ3n) is 3.08. The average molecular weight is 352 g/mol. The van der Waals surface area contributed by atoms with Crippen molar-refractivity contribution in [1.82, 2.24) is 4.31 Å². The lowest BCUT2D eigenvalue weighted by molar-refractivity contribution is -0.149. The first-order chi connectivity index (χ1) is 9.71. The highest BCUT2D eigenvalue weighted by atomic mass is 35.5. The van der Waals surface area contributed by atoms with Gasteiger partial charge in [-0.3, -0.25) is 9.59 Å². The van der Waals surface area contributed by atoms with Crippen molar-refractivity contribution < 1.29 is 22.7 Å². The normalized spacial score (nSPS) is 20.1. The number of esters is 1. The second-order valence-corrected chi connectivity index (χ2v) is 7.05. The van der Waals surface area contributed by atoms with Crippen molar-refractivity contribution in [3.8, 4) is 0 Å². The van der Waals surface area contributed by atoms with E-state index in [0.29, 0.717) is 4.31 Å². The predicted molar refractivity (Wildman–Crippen MR) is 75.8 cm³/mol. The number of carbonyl (C=O) groups is 2. The summed E-state index contributed by atoms with van der Waals surface area (Å²) in [6.45, 7) is 1.65. The fourth-order valence-corrected chi connectivity index (χ4v) is 3.81. The van der Waals surface area contributed by atoms with E-state index in [-0.39, 0.29) is 27.1 Å². The van der Waals surface area contributed by atoms with Gasteiger partial charge in [-0.1, -0.05) is 23.2 Å². The maximum absolute atomic E-state index is 12.3. The van der Waals surface area contributed by atoms with E-state index in [1.165, 1.54) is 6.07 Å². The first-order valence-electron chi connectivity index (χ1n) is 5.90. The standard InChI is InChI=1S/C12H11Cl2NO5S/c1-3-20-12(17)10-6-4-7(13)8(14)5-9(6)21(18,19)15(2)11(10)16/h4-5,10H,3H2,1-2H3. The number of nitrogens with zero attached hydrogens (tertiary/aromatic N) is 1. The van der Waals surface area contributed by atoms with Gasteiger partial charge in [0.15, 0.2) is 5.92 Å². The van der Waals surface area contributed by atoms with Crippen LogP contribution in [0.3, 0.4) is 0 Å². The van der Waals surface area contributed by atoms with Gasteiger partial charge < -0.3 is 4.74 Å². The van der Waals surface area contributed by atoms with E-state index in [4.69, 9.17) is 27.9 Å². The molecule has 1 amide bonds. The van der Waals surface area contributed by atoms with Gasteiger partial charge in [-0.2, -0.15) is 0 Å². The molecule has 6 nitrogen and oxygen atoms in total. The molecule has 0 fully saturated rings. The van der Waals surface area contributed by atoms with Crippen molar-refractivity contribution in [2.24, 2.45) is 0 Å². The van der Waals surface area contributed by atoms with Crippen LogP contribution in [0.4, 0.5) is 0 Å². The summed E-state index contributed by atoms with van der Waals surface area (Å²) in [5, 5.41) is 0.0709. The molecule has 0 radical (unpaired) electrons. The second-order valence-electron chi connectivity index (χ2n) is 4.30. The van der Waals surface area contributed by atoms with Gasteiger partial charge >= 0.3 is 5.97 Å². The number of halogens is 2. The Morgan fingerprint density at radius 3 is 2.48 bits per heavy atom. The number of rotatable bonds is 2. The largest absolute Gasteiger partial charge is 0.465 e. The van der Waals surface area contributed by atoms with Gasteiger partial charge in [0.05, 0.1) is 21.5 Å². The highest BCUT2D eigenvalue weighted by Crippen LogP contribution is 2.39. The Morgan fingerprint density at radius 1 is 1.33 bits per heavy atom. The molecule has 1 aliphatic rings. The number of likely N-dealkylation sites (N-methyl/N-ethyl adjacent to an activating group) is 1. The maximum Gasteiger partial charge on any atom is 0.323 e. The predicted octanol–water partition coefficient (Wildman–Crippen LogP) is 1.80. The summed E-state index contributed by atoms with van der Waals surface area (Å²) >= 11 is 11.7. The molecule has 0 N–H and O–H groups in total. The summed E-state index contributed by atoms with van der Waals surface area (Å²) in [5.41, 5.74) is -0.0223. The Hall–Kier alpha value is -1.31. The summed E-state index contributed by atoms with van der Waals surface area (Å²) < 4.78 is 29.9. The van der Waals surface area contributed by atoms with Crippen LogP contribution >= 0.6 is 23.2 Å². The van der Waals surface area contributed by atoms with Gasteiger partial charge in [0.1, 0.15) is 0 Å². The van der Waals surface area contributed by atoms with Gasteiger partial charge in [0.25, 0.3) is 15.9 Å². The first kappa shape index (κ1) is 16.1. The van der Waals surface area contributed by atoms with Gasteiger partial charge in [-0.25, -0.2) is 12.7 Å². The summed E-state index contributed by atoms with van der Waals surface area (Å²) in [4.78, 5) is 23.9. The topological polar surface area (TPSA) is 80.8 Å². The molecule has 1 unspecified atom stereocenters. The van der Waals surface area contributed by atoms with Crippen LogP contribution in [-0.4, -0.2) is 38.3 Å². The number of sulfonamides is 1. The monoisotopic (exact) mass is 351 g/mol. The van der Waals surface area contributed by atoms with E-state index in [0.717, 1.165) is 13.1 Å². The average Bonchev–Trinajstić information content (AvgIpc) is 2.40. The van der Waals surface area contributed by atoms with Crippen LogP contribution in [0.25, 0.3) is 0 Å². The lowest BCUT2D eigenvalue weighted by atomic mass is 9.98. The van der Waals surface area contributed by atoms with Crippen LogP contribution < -0.4 is 0 Å². The third kappa shape index (κ3) is 2.49. The van der Waals surface area contributed by atoms with E-state index >= 15 is 0 Å². The zero-order valence-electron chi connectivity index (χ0n) is 11.1. The third-order valence-corrected chi connectivity index (χ3v) is 5.61. The van der Waals surface area contributed by atoms with Crippen LogP contribution in [0, 0.1) is 0 Å². The zero-order chi connectivity index (χ0) is 15.9. The van der Waals surface area contributed by atoms with E-state index < -0.39 is 27.8 Å². The molecule has 1 aliphatic heterocycles. The van der Waals surface area contributed by atoms with E-state index in [1.807, 2.05) is 0 Å². The Labute approximate surface area is 131 Å². The Morgan fingerprint density at radius 2 is 1.90 bits per heavy atom. The number of benzene rings is 1. The number of amides is 1. The Kier molecular flexibility index (Phi) is 4.19. The molecule has 0 spiro atoms.